The first-order valence-electron chi connectivity index (χ1n) is 5.27. The average Bonchev–Trinajstić information content (AvgIpc) is 2.77. The SMILES string of the molecule is Cc1nn(C)c(C(=O)NC2CCOC2)c1N. The van der Waals surface area contributed by atoms with E-state index in [0.717, 1.165) is 6.42 Å². The molecular weight excluding hydrogens is 208 g/mol. The highest BCUT2D eigenvalue weighted by molar-refractivity contribution is 5.98. The molecule has 3 N–H and O–H groups in total. The van der Waals surface area contributed by atoms with Crippen LogP contribution in [0.3, 0.4) is 0 Å². The van der Waals surface area contributed by atoms with E-state index in [4.69, 9.17) is 10.5 Å². The van der Waals surface area contributed by atoms with Crippen LogP contribution in [0.5, 0.6) is 0 Å². The van der Waals surface area contributed by atoms with Gasteiger partial charge in [-0.25, -0.2) is 0 Å². The Kier molecular flexibility index (Phi) is 2.82. The van der Waals surface area contributed by atoms with E-state index in [1.54, 1.807) is 14.0 Å². The zero-order valence-electron chi connectivity index (χ0n) is 9.49. The number of aromatic nitrogens is 2. The lowest BCUT2D eigenvalue weighted by molar-refractivity contribution is 0.0921. The number of amides is 1. The highest BCUT2D eigenvalue weighted by Crippen LogP contribution is 2.15. The molecule has 0 aliphatic carbocycles. The van der Waals surface area contributed by atoms with Crippen molar-refractivity contribution in [3.8, 4) is 0 Å². The summed E-state index contributed by atoms with van der Waals surface area (Å²) in [5.41, 5.74) is 7.34. The van der Waals surface area contributed by atoms with Crippen molar-refractivity contribution in [2.24, 2.45) is 7.05 Å². The Morgan fingerprint density at radius 1 is 1.69 bits per heavy atom. The van der Waals surface area contributed by atoms with Gasteiger partial charge in [-0.1, -0.05) is 0 Å². The Balaban J connectivity index is 2.13. The van der Waals surface area contributed by atoms with Gasteiger partial charge < -0.3 is 15.8 Å². The summed E-state index contributed by atoms with van der Waals surface area (Å²) in [5, 5.41) is 6.99. The minimum atomic E-state index is -0.184. The number of carbonyl (C=O) groups is 1. The minimum Gasteiger partial charge on any atom is -0.395 e. The normalized spacial score (nSPS) is 20.0. The Morgan fingerprint density at radius 2 is 2.44 bits per heavy atom. The van der Waals surface area contributed by atoms with E-state index < -0.39 is 0 Å². The van der Waals surface area contributed by atoms with Crippen LogP contribution in [0.15, 0.2) is 0 Å². The molecule has 1 atom stereocenters. The van der Waals surface area contributed by atoms with E-state index in [9.17, 15) is 4.79 Å². The van der Waals surface area contributed by atoms with E-state index in [-0.39, 0.29) is 11.9 Å². The van der Waals surface area contributed by atoms with Crippen LogP contribution in [0.2, 0.25) is 0 Å². The molecule has 1 fully saturated rings. The molecule has 0 saturated carbocycles. The van der Waals surface area contributed by atoms with Crippen molar-refractivity contribution in [3.05, 3.63) is 11.4 Å². The number of rotatable bonds is 2. The molecule has 2 heterocycles. The summed E-state index contributed by atoms with van der Waals surface area (Å²) in [6, 6.07) is 0.0853. The van der Waals surface area contributed by atoms with Crippen molar-refractivity contribution in [2.45, 2.75) is 19.4 Å². The van der Waals surface area contributed by atoms with Crippen LogP contribution < -0.4 is 11.1 Å². The van der Waals surface area contributed by atoms with Gasteiger partial charge in [-0.15, -0.1) is 0 Å². The number of nitrogen functional groups attached to an aromatic ring is 1. The molecule has 16 heavy (non-hydrogen) atoms. The number of anilines is 1. The number of nitrogens with zero attached hydrogens (tertiary/aromatic N) is 2. The first kappa shape index (κ1) is 10.9. The van der Waals surface area contributed by atoms with Gasteiger partial charge in [-0.05, 0) is 13.3 Å². The predicted octanol–water partition coefficient (Wildman–Crippen LogP) is -0.171. The third-order valence-electron chi connectivity index (χ3n) is 2.75. The summed E-state index contributed by atoms with van der Waals surface area (Å²) < 4.78 is 6.70. The Bertz CT molecular complexity index is 407. The highest BCUT2D eigenvalue weighted by Gasteiger charge is 2.23. The molecule has 1 aromatic heterocycles. The van der Waals surface area contributed by atoms with Gasteiger partial charge in [0.15, 0.2) is 0 Å². The van der Waals surface area contributed by atoms with E-state index in [1.165, 1.54) is 4.68 Å². The van der Waals surface area contributed by atoms with Crippen molar-refractivity contribution >= 4 is 11.6 Å². The van der Waals surface area contributed by atoms with Gasteiger partial charge in [0, 0.05) is 13.7 Å². The number of nitrogens with one attached hydrogen (secondary N) is 1. The number of ether oxygens (including phenoxy) is 1. The van der Waals surface area contributed by atoms with Crippen LogP contribution in [0.25, 0.3) is 0 Å². The van der Waals surface area contributed by atoms with Crippen molar-refractivity contribution in [1.29, 1.82) is 0 Å². The number of aryl methyl sites for hydroxylation is 2. The fourth-order valence-electron chi connectivity index (χ4n) is 1.85. The molecule has 6 nitrogen and oxygen atoms in total. The zero-order valence-corrected chi connectivity index (χ0v) is 9.49. The maximum absolute atomic E-state index is 11.9. The smallest absolute Gasteiger partial charge is 0.271 e. The molecular formula is C10H16N4O2. The standard InChI is InChI=1S/C10H16N4O2/c1-6-8(11)9(14(2)13-6)10(15)12-7-3-4-16-5-7/h7H,3-5,11H2,1-2H3,(H,12,15). The molecule has 1 saturated heterocycles. The lowest BCUT2D eigenvalue weighted by Gasteiger charge is -2.10. The average molecular weight is 224 g/mol. The fourth-order valence-corrected chi connectivity index (χ4v) is 1.85. The molecule has 1 aliphatic heterocycles. The quantitative estimate of drug-likeness (QED) is 0.730. The molecule has 0 bridgehead atoms. The first-order chi connectivity index (χ1) is 7.59. The van der Waals surface area contributed by atoms with E-state index in [1.807, 2.05) is 0 Å². The zero-order chi connectivity index (χ0) is 11.7. The molecule has 88 valence electrons. The molecule has 6 heteroatoms. The predicted molar refractivity (Wildman–Crippen MR) is 59.0 cm³/mol. The molecule has 1 aromatic rings. The summed E-state index contributed by atoms with van der Waals surface area (Å²) in [6.07, 6.45) is 0.850. The molecule has 2 rings (SSSR count). The van der Waals surface area contributed by atoms with Gasteiger partial charge in [0.05, 0.1) is 24.0 Å². The van der Waals surface area contributed by atoms with E-state index in [2.05, 4.69) is 10.4 Å². The van der Waals surface area contributed by atoms with Crippen molar-refractivity contribution < 1.29 is 9.53 Å². The minimum absolute atomic E-state index is 0.0853. The molecule has 1 amide bonds. The van der Waals surface area contributed by atoms with Gasteiger partial charge in [-0.2, -0.15) is 5.10 Å². The molecule has 1 unspecified atom stereocenters. The van der Waals surface area contributed by atoms with Gasteiger partial charge >= 0.3 is 0 Å². The third kappa shape index (κ3) is 1.88. The first-order valence-corrected chi connectivity index (χ1v) is 5.27. The Morgan fingerprint density at radius 3 is 2.94 bits per heavy atom. The topological polar surface area (TPSA) is 82.2 Å². The van der Waals surface area contributed by atoms with Crippen LogP contribution >= 0.6 is 0 Å². The van der Waals surface area contributed by atoms with Gasteiger partial charge in [-0.3, -0.25) is 9.48 Å². The van der Waals surface area contributed by atoms with Gasteiger partial charge in [0.1, 0.15) is 5.69 Å². The van der Waals surface area contributed by atoms with E-state index >= 15 is 0 Å². The van der Waals surface area contributed by atoms with Crippen molar-refractivity contribution in [2.75, 3.05) is 18.9 Å². The van der Waals surface area contributed by atoms with Gasteiger partial charge in [0.25, 0.3) is 5.91 Å². The van der Waals surface area contributed by atoms with Crippen LogP contribution in [0.4, 0.5) is 5.69 Å². The summed E-state index contributed by atoms with van der Waals surface area (Å²) in [4.78, 5) is 11.9. The van der Waals surface area contributed by atoms with Crippen LogP contribution in [-0.4, -0.2) is 34.9 Å². The lowest BCUT2D eigenvalue weighted by atomic mass is 10.2. The van der Waals surface area contributed by atoms with Crippen LogP contribution in [0.1, 0.15) is 22.6 Å². The maximum Gasteiger partial charge on any atom is 0.271 e. The summed E-state index contributed by atoms with van der Waals surface area (Å²) in [5.74, 6) is -0.184. The van der Waals surface area contributed by atoms with Crippen molar-refractivity contribution in [1.82, 2.24) is 15.1 Å². The summed E-state index contributed by atoms with van der Waals surface area (Å²) in [7, 11) is 1.71. The highest BCUT2D eigenvalue weighted by atomic mass is 16.5. The maximum atomic E-state index is 11.9. The van der Waals surface area contributed by atoms with Gasteiger partial charge in [0.2, 0.25) is 0 Å². The van der Waals surface area contributed by atoms with Crippen LogP contribution in [-0.2, 0) is 11.8 Å². The second kappa shape index (κ2) is 4.13. The van der Waals surface area contributed by atoms with Crippen LogP contribution in [0, 0.1) is 6.92 Å². The molecule has 0 spiro atoms. The second-order valence-corrected chi connectivity index (χ2v) is 4.01. The molecule has 0 aromatic carbocycles. The lowest BCUT2D eigenvalue weighted by Crippen LogP contribution is -2.36. The number of hydrogen-bond donors (Lipinski definition) is 2. The third-order valence-corrected chi connectivity index (χ3v) is 2.75. The number of nitrogens with two attached hydrogens (primary N) is 1. The Labute approximate surface area is 93.8 Å². The molecule has 1 aliphatic rings. The fraction of sp³-hybridized carbons (Fsp3) is 0.600. The number of hydrogen-bond acceptors (Lipinski definition) is 4. The van der Waals surface area contributed by atoms with Crippen molar-refractivity contribution in [3.63, 3.8) is 0 Å². The Hall–Kier alpha value is -1.56. The largest absolute Gasteiger partial charge is 0.395 e. The second-order valence-electron chi connectivity index (χ2n) is 4.01. The van der Waals surface area contributed by atoms with E-state index in [0.29, 0.717) is 30.3 Å². The monoisotopic (exact) mass is 224 g/mol. The molecule has 0 radical (unpaired) electrons. The summed E-state index contributed by atoms with van der Waals surface area (Å²) in [6.45, 7) is 3.05. The summed E-state index contributed by atoms with van der Waals surface area (Å²) >= 11 is 0. The number of carbonyl (C=O) groups excluding carboxylic acids is 1.